The van der Waals surface area contributed by atoms with Crippen molar-refractivity contribution in [3.63, 3.8) is 0 Å². The minimum Gasteiger partial charge on any atom is -0.390 e. The first-order valence-electron chi connectivity index (χ1n) is 12.8. The van der Waals surface area contributed by atoms with Crippen LogP contribution in [0.15, 0.2) is 60.7 Å². The molecule has 0 aliphatic carbocycles. The minimum atomic E-state index is -0.432. The highest BCUT2D eigenvalue weighted by molar-refractivity contribution is 5.80. The molecule has 4 heteroatoms. The lowest BCUT2D eigenvalue weighted by molar-refractivity contribution is -0.123. The SMILES string of the molecule is CC1(O)CC2CCC(C1)N2Cc1ccccc1.O=C1CC2CCC(C1)N2Cc1ccccc1. The summed E-state index contributed by atoms with van der Waals surface area (Å²) in [6.45, 7) is 4.06. The molecule has 2 aromatic carbocycles. The van der Waals surface area contributed by atoms with Crippen LogP contribution in [0, 0.1) is 0 Å². The number of fused-ring (bicyclic) bond motifs is 4. The lowest BCUT2D eigenvalue weighted by Gasteiger charge is -2.42. The molecule has 4 fully saturated rings. The van der Waals surface area contributed by atoms with E-state index in [-0.39, 0.29) is 0 Å². The molecule has 0 spiro atoms. The molecule has 6 rings (SSSR count). The molecule has 0 radical (unpaired) electrons. The topological polar surface area (TPSA) is 43.8 Å². The average molecular weight is 447 g/mol. The number of ketones is 1. The summed E-state index contributed by atoms with van der Waals surface area (Å²) < 4.78 is 0. The fourth-order valence-corrected chi connectivity index (χ4v) is 6.72. The van der Waals surface area contributed by atoms with E-state index < -0.39 is 5.60 Å². The molecule has 2 aromatic rings. The van der Waals surface area contributed by atoms with Crippen molar-refractivity contribution in [3.8, 4) is 0 Å². The Hall–Kier alpha value is -2.01. The highest BCUT2D eigenvalue weighted by Crippen LogP contribution is 2.41. The van der Waals surface area contributed by atoms with Crippen LogP contribution >= 0.6 is 0 Å². The van der Waals surface area contributed by atoms with Gasteiger partial charge in [0.25, 0.3) is 0 Å². The molecule has 4 atom stereocenters. The van der Waals surface area contributed by atoms with Crippen molar-refractivity contribution < 1.29 is 9.90 Å². The van der Waals surface area contributed by atoms with E-state index in [4.69, 9.17) is 0 Å². The number of Topliss-reactive ketones (excluding diaryl/α,β-unsaturated/α-hetero) is 1. The fourth-order valence-electron chi connectivity index (χ4n) is 6.72. The van der Waals surface area contributed by atoms with E-state index in [1.54, 1.807) is 0 Å². The molecule has 4 nitrogen and oxygen atoms in total. The van der Waals surface area contributed by atoms with E-state index in [1.807, 2.05) is 6.92 Å². The van der Waals surface area contributed by atoms with Gasteiger partial charge in [-0.05, 0) is 56.6 Å². The number of piperidine rings is 2. The Morgan fingerprint density at radius 1 is 0.727 bits per heavy atom. The quantitative estimate of drug-likeness (QED) is 0.722. The summed E-state index contributed by atoms with van der Waals surface area (Å²) in [5.41, 5.74) is 2.33. The maximum atomic E-state index is 11.5. The summed E-state index contributed by atoms with van der Waals surface area (Å²) in [6.07, 6.45) is 8.38. The van der Waals surface area contributed by atoms with Gasteiger partial charge in [0, 0.05) is 50.1 Å². The van der Waals surface area contributed by atoms with E-state index in [0.717, 1.165) is 38.8 Å². The van der Waals surface area contributed by atoms with Crippen molar-refractivity contribution in [2.45, 2.75) is 101 Å². The Balaban J connectivity index is 0.000000139. The molecule has 0 aromatic heterocycles. The van der Waals surface area contributed by atoms with Crippen LogP contribution < -0.4 is 0 Å². The lowest BCUT2D eigenvalue weighted by Crippen LogP contribution is -2.49. The standard InChI is InChI=1S/C15H21NO.C14H17NO/c1-15(17)9-13-7-8-14(10-15)16(13)11-12-5-3-2-4-6-12;16-14-8-12-6-7-13(9-14)15(12)10-11-4-2-1-3-5-11/h2-6,13-14,17H,7-11H2,1H3;1-5,12-13H,6-10H2. The van der Waals surface area contributed by atoms with Gasteiger partial charge in [0.1, 0.15) is 5.78 Å². The number of rotatable bonds is 4. The first-order chi connectivity index (χ1) is 16.0. The molecule has 4 bridgehead atoms. The number of carbonyl (C=O) groups is 1. The molecule has 33 heavy (non-hydrogen) atoms. The molecule has 0 amide bonds. The van der Waals surface area contributed by atoms with Gasteiger partial charge in [-0.25, -0.2) is 0 Å². The van der Waals surface area contributed by atoms with Gasteiger partial charge in [-0.15, -0.1) is 0 Å². The summed E-state index contributed by atoms with van der Waals surface area (Å²) >= 11 is 0. The summed E-state index contributed by atoms with van der Waals surface area (Å²) in [4.78, 5) is 16.6. The second kappa shape index (κ2) is 9.69. The number of carbonyl (C=O) groups excluding carboxylic acids is 1. The summed E-state index contributed by atoms with van der Waals surface area (Å²) in [7, 11) is 0. The zero-order valence-corrected chi connectivity index (χ0v) is 19.9. The van der Waals surface area contributed by atoms with Crippen molar-refractivity contribution in [3.05, 3.63) is 71.8 Å². The first-order valence-corrected chi connectivity index (χ1v) is 12.8. The second-order valence-corrected chi connectivity index (χ2v) is 10.9. The van der Waals surface area contributed by atoms with Gasteiger partial charge < -0.3 is 5.11 Å². The van der Waals surface area contributed by atoms with Crippen LogP contribution in [0.25, 0.3) is 0 Å². The smallest absolute Gasteiger partial charge is 0.136 e. The van der Waals surface area contributed by atoms with Crippen LogP contribution in [-0.2, 0) is 17.9 Å². The number of hydrogen-bond acceptors (Lipinski definition) is 4. The van der Waals surface area contributed by atoms with E-state index in [9.17, 15) is 9.90 Å². The maximum Gasteiger partial charge on any atom is 0.136 e. The number of hydrogen-bond donors (Lipinski definition) is 1. The van der Waals surface area contributed by atoms with Crippen LogP contribution in [-0.4, -0.2) is 50.5 Å². The Morgan fingerprint density at radius 2 is 1.12 bits per heavy atom. The van der Waals surface area contributed by atoms with Gasteiger partial charge in [0.05, 0.1) is 5.60 Å². The molecule has 0 saturated carbocycles. The zero-order chi connectivity index (χ0) is 22.8. The first kappa shape index (κ1) is 22.8. The molecule has 1 N–H and O–H groups in total. The summed E-state index contributed by atoms with van der Waals surface area (Å²) in [5, 5.41) is 10.2. The second-order valence-electron chi connectivity index (χ2n) is 10.9. The van der Waals surface area contributed by atoms with Crippen molar-refractivity contribution >= 4 is 5.78 Å². The van der Waals surface area contributed by atoms with Gasteiger partial charge >= 0.3 is 0 Å². The van der Waals surface area contributed by atoms with Crippen LogP contribution in [0.1, 0.15) is 69.4 Å². The zero-order valence-electron chi connectivity index (χ0n) is 19.9. The van der Waals surface area contributed by atoms with Gasteiger partial charge in [0.15, 0.2) is 0 Å². The summed E-state index contributed by atoms with van der Waals surface area (Å²) in [6, 6.07) is 23.5. The molecule has 4 aliphatic heterocycles. The van der Waals surface area contributed by atoms with Crippen molar-refractivity contribution in [2.24, 2.45) is 0 Å². The molecule has 4 heterocycles. The van der Waals surface area contributed by atoms with Crippen LogP contribution in [0.3, 0.4) is 0 Å². The third-order valence-corrected chi connectivity index (χ3v) is 8.24. The fraction of sp³-hybridized carbons (Fsp3) is 0.552. The molecular formula is C29H38N2O2. The maximum absolute atomic E-state index is 11.5. The Labute approximate surface area is 198 Å². The van der Waals surface area contributed by atoms with E-state index in [1.165, 1.54) is 36.8 Å². The van der Waals surface area contributed by atoms with Crippen molar-refractivity contribution in [1.29, 1.82) is 0 Å². The minimum absolute atomic E-state index is 0.432. The monoisotopic (exact) mass is 446 g/mol. The normalized spacial score (nSPS) is 33.6. The average Bonchev–Trinajstić information content (AvgIpc) is 3.18. The van der Waals surface area contributed by atoms with E-state index in [0.29, 0.717) is 30.0 Å². The third kappa shape index (κ3) is 5.40. The molecule has 4 unspecified atom stereocenters. The van der Waals surface area contributed by atoms with Gasteiger partial charge in [-0.2, -0.15) is 0 Å². The number of benzene rings is 2. The Morgan fingerprint density at radius 3 is 1.58 bits per heavy atom. The van der Waals surface area contributed by atoms with E-state index in [2.05, 4.69) is 70.5 Å². The van der Waals surface area contributed by atoms with Gasteiger partial charge in [0.2, 0.25) is 0 Å². The number of aliphatic hydroxyl groups is 1. The molecule has 4 saturated heterocycles. The molecule has 4 aliphatic rings. The predicted molar refractivity (Wildman–Crippen MR) is 132 cm³/mol. The highest BCUT2D eigenvalue weighted by atomic mass is 16.3. The lowest BCUT2D eigenvalue weighted by atomic mass is 9.87. The Kier molecular flexibility index (Phi) is 6.69. The van der Waals surface area contributed by atoms with Crippen molar-refractivity contribution in [2.75, 3.05) is 0 Å². The van der Waals surface area contributed by atoms with Crippen molar-refractivity contribution in [1.82, 2.24) is 9.80 Å². The highest BCUT2D eigenvalue weighted by Gasteiger charge is 2.45. The summed E-state index contributed by atoms with van der Waals surface area (Å²) in [5.74, 6) is 0.469. The van der Waals surface area contributed by atoms with Crippen LogP contribution in [0.2, 0.25) is 0 Å². The Bertz CT molecular complexity index is 897. The molecule has 176 valence electrons. The number of nitrogens with zero attached hydrogens (tertiary/aromatic N) is 2. The third-order valence-electron chi connectivity index (χ3n) is 8.24. The van der Waals surface area contributed by atoms with Crippen LogP contribution in [0.5, 0.6) is 0 Å². The van der Waals surface area contributed by atoms with Crippen LogP contribution in [0.4, 0.5) is 0 Å². The van der Waals surface area contributed by atoms with E-state index >= 15 is 0 Å². The predicted octanol–water partition coefficient (Wildman–Crippen LogP) is 4.95. The van der Waals surface area contributed by atoms with Gasteiger partial charge in [-0.1, -0.05) is 60.7 Å². The largest absolute Gasteiger partial charge is 0.390 e. The van der Waals surface area contributed by atoms with Gasteiger partial charge in [-0.3, -0.25) is 14.6 Å². The molecular weight excluding hydrogens is 408 g/mol.